The van der Waals surface area contributed by atoms with Crippen molar-refractivity contribution in [3.05, 3.63) is 80.5 Å². The first-order chi connectivity index (χ1) is 19.5. The van der Waals surface area contributed by atoms with Crippen molar-refractivity contribution >= 4 is 45.1 Å². The van der Waals surface area contributed by atoms with E-state index in [4.69, 9.17) is 28.0 Å². The van der Waals surface area contributed by atoms with Crippen LogP contribution in [-0.2, 0) is 25.2 Å². The molecule has 4 unspecified atom stereocenters. The molecule has 3 N–H and O–H groups in total. The zero-order valence-corrected chi connectivity index (χ0v) is 24.7. The number of carbonyl (C=O) groups is 2. The predicted octanol–water partition coefficient (Wildman–Crippen LogP) is 4.78. The second kappa shape index (κ2) is 10.6. The third kappa shape index (κ3) is 5.14. The summed E-state index contributed by atoms with van der Waals surface area (Å²) in [5.74, 6) is -1.09. The number of amides is 1. The molecule has 9 nitrogen and oxygen atoms in total. The van der Waals surface area contributed by atoms with Gasteiger partial charge in [-0.05, 0) is 67.9 Å². The van der Waals surface area contributed by atoms with Gasteiger partial charge in [-0.3, -0.25) is 4.79 Å². The van der Waals surface area contributed by atoms with Crippen LogP contribution in [-0.4, -0.2) is 48.8 Å². The van der Waals surface area contributed by atoms with Crippen LogP contribution in [0.2, 0.25) is 10.0 Å². The number of hydroxylamine groups is 2. The van der Waals surface area contributed by atoms with E-state index in [-0.39, 0.29) is 34.8 Å². The minimum Gasteiger partial charge on any atom is -0.478 e. The standard InChI is InChI=1S/C29H31Cl2N3O6S/c1-2-12-41(38,39)33-27(35)17-8-10-19(11-9-17)29-13-18(15-32-29)22(14-29)34-25(23-20(30)4-3-5-21(23)31)24(28(36)37)26(40-34)16-6-7-16/h3-5,8-11,16,18,22,25,32H,2,6-7,12-15H2,1H3,(H,33,35)(H,36,37). The van der Waals surface area contributed by atoms with E-state index in [1.54, 1.807) is 37.3 Å². The van der Waals surface area contributed by atoms with Crippen molar-refractivity contribution in [2.75, 3.05) is 12.3 Å². The summed E-state index contributed by atoms with van der Waals surface area (Å²) < 4.78 is 26.2. The quantitative estimate of drug-likeness (QED) is 0.366. The largest absolute Gasteiger partial charge is 0.478 e. The molecule has 6 rings (SSSR count). The molecule has 0 aromatic heterocycles. The van der Waals surface area contributed by atoms with Crippen molar-refractivity contribution in [3.8, 4) is 0 Å². The van der Waals surface area contributed by atoms with Gasteiger partial charge in [0, 0.05) is 39.2 Å². The van der Waals surface area contributed by atoms with Crippen molar-refractivity contribution in [1.82, 2.24) is 15.1 Å². The van der Waals surface area contributed by atoms with Crippen molar-refractivity contribution in [1.29, 1.82) is 0 Å². The second-order valence-corrected chi connectivity index (χ2v) is 14.0. The number of sulfonamides is 1. The summed E-state index contributed by atoms with van der Waals surface area (Å²) >= 11 is 13.3. The number of hydrogen-bond acceptors (Lipinski definition) is 7. The van der Waals surface area contributed by atoms with E-state index in [2.05, 4.69) is 10.0 Å². The smallest absolute Gasteiger partial charge is 0.337 e. The molecule has 0 radical (unpaired) electrons. The van der Waals surface area contributed by atoms with E-state index >= 15 is 0 Å². The van der Waals surface area contributed by atoms with Crippen LogP contribution in [0.15, 0.2) is 53.8 Å². The first-order valence-corrected chi connectivity index (χ1v) is 16.2. The minimum absolute atomic E-state index is 0.0698. The Labute approximate surface area is 248 Å². The van der Waals surface area contributed by atoms with Crippen molar-refractivity contribution in [3.63, 3.8) is 0 Å². The average Bonchev–Trinajstić information content (AvgIpc) is 3.41. The summed E-state index contributed by atoms with van der Waals surface area (Å²) in [6.07, 6.45) is 3.59. The molecule has 2 aromatic carbocycles. The summed E-state index contributed by atoms with van der Waals surface area (Å²) in [5.41, 5.74) is 1.54. The number of halogens is 2. The second-order valence-electron chi connectivity index (χ2n) is 11.4. The van der Waals surface area contributed by atoms with Crippen LogP contribution < -0.4 is 10.0 Å². The predicted molar refractivity (Wildman–Crippen MR) is 154 cm³/mol. The highest BCUT2D eigenvalue weighted by Crippen LogP contribution is 2.56. The molecule has 3 fully saturated rings. The molecule has 4 atom stereocenters. The Morgan fingerprint density at radius 1 is 1.12 bits per heavy atom. The monoisotopic (exact) mass is 619 g/mol. The molecular formula is C29H31Cl2N3O6S. The molecule has 2 aliphatic heterocycles. The molecule has 2 aromatic rings. The number of carboxylic acid groups (broad SMARTS) is 1. The zero-order valence-electron chi connectivity index (χ0n) is 22.4. The highest BCUT2D eigenvalue weighted by molar-refractivity contribution is 7.90. The van der Waals surface area contributed by atoms with Crippen LogP contribution in [0, 0.1) is 11.8 Å². The van der Waals surface area contributed by atoms with Gasteiger partial charge < -0.3 is 15.3 Å². The SMILES string of the molecule is CCCS(=O)(=O)NC(=O)c1ccc(C23CC(CN2)C(N2OC(C4CC4)=C(C(=O)O)C2c2c(Cl)cccc2Cl)C3)cc1. The highest BCUT2D eigenvalue weighted by atomic mass is 35.5. The van der Waals surface area contributed by atoms with Gasteiger partial charge in [-0.15, -0.1) is 5.06 Å². The maximum atomic E-state index is 12.6. The van der Waals surface area contributed by atoms with E-state index < -0.39 is 33.5 Å². The number of nitrogens with zero attached hydrogens (tertiary/aromatic N) is 1. The van der Waals surface area contributed by atoms with Gasteiger partial charge in [0.1, 0.15) is 17.4 Å². The Kier molecular flexibility index (Phi) is 7.35. The van der Waals surface area contributed by atoms with Gasteiger partial charge in [0.05, 0.1) is 11.8 Å². The molecule has 4 aliphatic rings. The van der Waals surface area contributed by atoms with Crippen LogP contribution >= 0.6 is 23.2 Å². The molecule has 2 saturated carbocycles. The summed E-state index contributed by atoms with van der Waals surface area (Å²) in [7, 11) is -3.68. The zero-order chi connectivity index (χ0) is 29.1. The lowest BCUT2D eigenvalue weighted by atomic mass is 9.87. The number of carboxylic acids is 1. The molecule has 2 aliphatic carbocycles. The van der Waals surface area contributed by atoms with E-state index in [0.717, 1.165) is 24.8 Å². The number of carbonyl (C=O) groups excluding carboxylic acids is 1. The summed E-state index contributed by atoms with van der Waals surface area (Å²) in [5, 5.41) is 16.6. The lowest BCUT2D eigenvalue weighted by molar-refractivity contribution is -0.167. The van der Waals surface area contributed by atoms with Gasteiger partial charge in [0.15, 0.2) is 0 Å². The topological polar surface area (TPSA) is 125 Å². The summed E-state index contributed by atoms with van der Waals surface area (Å²) in [6.45, 7) is 2.43. The van der Waals surface area contributed by atoms with Crippen molar-refractivity contribution in [2.24, 2.45) is 11.8 Å². The molecule has 12 heteroatoms. The van der Waals surface area contributed by atoms with Gasteiger partial charge in [0.2, 0.25) is 10.0 Å². The number of benzene rings is 2. The first kappa shape index (κ1) is 28.5. The molecular weight excluding hydrogens is 589 g/mol. The molecule has 0 spiro atoms. The van der Waals surface area contributed by atoms with Crippen molar-refractivity contribution in [2.45, 2.75) is 56.7 Å². The van der Waals surface area contributed by atoms with Crippen LogP contribution in [0.25, 0.3) is 0 Å². The van der Waals surface area contributed by atoms with Crippen LogP contribution in [0.1, 0.15) is 66.6 Å². The number of piperidine rings is 1. The third-order valence-electron chi connectivity index (χ3n) is 8.61. The van der Waals surface area contributed by atoms with Crippen LogP contribution in [0.3, 0.4) is 0 Å². The number of allylic oxidation sites excluding steroid dienone is 1. The molecule has 41 heavy (non-hydrogen) atoms. The van der Waals surface area contributed by atoms with Crippen LogP contribution in [0.4, 0.5) is 0 Å². The average molecular weight is 621 g/mol. The van der Waals surface area contributed by atoms with E-state index in [0.29, 0.717) is 40.8 Å². The fourth-order valence-electron chi connectivity index (χ4n) is 6.61. The Balaban J connectivity index is 1.29. The minimum atomic E-state index is -3.68. The Bertz CT molecular complexity index is 1520. The third-order valence-corrected chi connectivity index (χ3v) is 10.7. The van der Waals surface area contributed by atoms with Gasteiger partial charge in [-0.2, -0.15) is 0 Å². The fourth-order valence-corrected chi connectivity index (χ4v) is 8.25. The number of hydrogen-bond donors (Lipinski definition) is 3. The van der Waals surface area contributed by atoms with Crippen molar-refractivity contribution < 1.29 is 28.0 Å². The Morgan fingerprint density at radius 2 is 1.80 bits per heavy atom. The van der Waals surface area contributed by atoms with Gasteiger partial charge in [-0.25, -0.2) is 17.9 Å². The maximum absolute atomic E-state index is 12.6. The molecule has 1 amide bonds. The molecule has 2 bridgehead atoms. The number of aliphatic carboxylic acids is 1. The Morgan fingerprint density at radius 3 is 2.41 bits per heavy atom. The molecule has 2 heterocycles. The number of rotatable bonds is 9. The van der Waals surface area contributed by atoms with E-state index in [1.807, 2.05) is 17.2 Å². The van der Waals surface area contributed by atoms with Gasteiger partial charge >= 0.3 is 5.97 Å². The van der Waals surface area contributed by atoms with E-state index in [1.165, 1.54) is 0 Å². The highest BCUT2D eigenvalue weighted by Gasteiger charge is 2.58. The Hall–Kier alpha value is -2.63. The van der Waals surface area contributed by atoms with Gasteiger partial charge in [0.25, 0.3) is 5.91 Å². The maximum Gasteiger partial charge on any atom is 0.337 e. The number of nitrogens with one attached hydrogen (secondary N) is 2. The lowest BCUT2D eigenvalue weighted by Crippen LogP contribution is -2.48. The summed E-state index contributed by atoms with van der Waals surface area (Å²) in [4.78, 5) is 31.6. The van der Waals surface area contributed by atoms with Gasteiger partial charge in [-0.1, -0.05) is 48.3 Å². The lowest BCUT2D eigenvalue weighted by Gasteiger charge is -2.38. The molecule has 1 saturated heterocycles. The normalized spacial score (nSPS) is 27.7. The van der Waals surface area contributed by atoms with E-state index in [9.17, 15) is 23.1 Å². The molecule has 218 valence electrons. The summed E-state index contributed by atoms with van der Waals surface area (Å²) in [6, 6.07) is 11.3. The fraction of sp³-hybridized carbons (Fsp3) is 0.448. The first-order valence-electron chi connectivity index (χ1n) is 13.8. The number of fused-ring (bicyclic) bond motifs is 2. The van der Waals surface area contributed by atoms with Crippen LogP contribution in [0.5, 0.6) is 0 Å².